The van der Waals surface area contributed by atoms with Gasteiger partial charge in [-0.2, -0.15) is 0 Å². The average molecular weight is 225 g/mol. The summed E-state index contributed by atoms with van der Waals surface area (Å²) in [5, 5.41) is 11.7. The van der Waals surface area contributed by atoms with Gasteiger partial charge in [0, 0.05) is 19.5 Å². The lowest BCUT2D eigenvalue weighted by atomic mass is 9.96. The van der Waals surface area contributed by atoms with Crippen molar-refractivity contribution in [1.29, 1.82) is 0 Å². The van der Waals surface area contributed by atoms with Crippen molar-refractivity contribution in [2.45, 2.75) is 39.0 Å². The standard InChI is InChI=1S/C12H23N3O/c1-10-3-2-6-15(8-10)9-12(4-5-12)7-11(13)14-16/h10,16H,2-9H2,1H3,(H2,13,14). The van der Waals surface area contributed by atoms with E-state index in [1.165, 1.54) is 38.8 Å². The molecule has 0 spiro atoms. The van der Waals surface area contributed by atoms with Crippen LogP contribution in [0.1, 0.15) is 39.0 Å². The number of rotatable bonds is 4. The molecule has 4 heteroatoms. The normalized spacial score (nSPS) is 30.3. The highest BCUT2D eigenvalue weighted by molar-refractivity contribution is 5.80. The predicted octanol–water partition coefficient (Wildman–Crippen LogP) is 1.64. The Balaban J connectivity index is 1.84. The zero-order valence-corrected chi connectivity index (χ0v) is 10.2. The van der Waals surface area contributed by atoms with E-state index < -0.39 is 0 Å². The Morgan fingerprint density at radius 3 is 2.88 bits per heavy atom. The number of nitrogens with two attached hydrogens (primary N) is 1. The maximum atomic E-state index is 8.62. The van der Waals surface area contributed by atoms with Gasteiger partial charge in [0.05, 0.1) is 0 Å². The van der Waals surface area contributed by atoms with Crippen molar-refractivity contribution in [3.63, 3.8) is 0 Å². The van der Waals surface area contributed by atoms with E-state index in [0.717, 1.165) is 18.9 Å². The molecular formula is C12H23N3O. The summed E-state index contributed by atoms with van der Waals surface area (Å²) in [7, 11) is 0. The first kappa shape index (κ1) is 11.7. The third-order valence-electron chi connectivity index (χ3n) is 3.94. The Labute approximate surface area is 97.5 Å². The molecule has 4 nitrogen and oxygen atoms in total. The fourth-order valence-corrected chi connectivity index (χ4v) is 2.89. The van der Waals surface area contributed by atoms with Crippen molar-refractivity contribution in [2.24, 2.45) is 22.2 Å². The quantitative estimate of drug-likeness (QED) is 0.331. The number of oxime groups is 1. The molecule has 1 heterocycles. The van der Waals surface area contributed by atoms with Crippen LogP contribution in [0.15, 0.2) is 5.16 Å². The van der Waals surface area contributed by atoms with Crippen molar-refractivity contribution in [3.8, 4) is 0 Å². The Hall–Kier alpha value is -0.770. The van der Waals surface area contributed by atoms with Gasteiger partial charge < -0.3 is 15.8 Å². The molecule has 1 saturated heterocycles. The molecule has 2 aliphatic rings. The number of hydrogen-bond donors (Lipinski definition) is 2. The first-order valence-corrected chi connectivity index (χ1v) is 6.32. The number of hydrogen-bond acceptors (Lipinski definition) is 3. The molecule has 0 amide bonds. The maximum Gasteiger partial charge on any atom is 0.139 e. The van der Waals surface area contributed by atoms with Crippen LogP contribution < -0.4 is 5.73 Å². The van der Waals surface area contributed by atoms with Crippen molar-refractivity contribution in [3.05, 3.63) is 0 Å². The summed E-state index contributed by atoms with van der Waals surface area (Å²) in [5.41, 5.74) is 5.94. The lowest BCUT2D eigenvalue weighted by Gasteiger charge is -2.33. The van der Waals surface area contributed by atoms with Crippen LogP contribution in [0.3, 0.4) is 0 Å². The minimum atomic E-state index is 0.327. The summed E-state index contributed by atoms with van der Waals surface area (Å²) in [6.45, 7) is 5.91. The molecule has 0 aromatic rings. The van der Waals surface area contributed by atoms with Crippen LogP contribution in [0.2, 0.25) is 0 Å². The smallest absolute Gasteiger partial charge is 0.139 e. The summed E-state index contributed by atoms with van der Waals surface area (Å²) in [4.78, 5) is 2.56. The molecular weight excluding hydrogens is 202 g/mol. The van der Waals surface area contributed by atoms with Crippen LogP contribution in [0, 0.1) is 11.3 Å². The van der Waals surface area contributed by atoms with Gasteiger partial charge in [-0.3, -0.25) is 0 Å². The van der Waals surface area contributed by atoms with Gasteiger partial charge in [-0.25, -0.2) is 0 Å². The van der Waals surface area contributed by atoms with Crippen LogP contribution >= 0.6 is 0 Å². The highest BCUT2D eigenvalue weighted by atomic mass is 16.4. The van der Waals surface area contributed by atoms with E-state index in [-0.39, 0.29) is 0 Å². The van der Waals surface area contributed by atoms with E-state index in [1.807, 2.05) is 0 Å². The van der Waals surface area contributed by atoms with E-state index >= 15 is 0 Å². The Kier molecular flexibility index (Phi) is 3.38. The van der Waals surface area contributed by atoms with E-state index in [4.69, 9.17) is 10.9 Å². The minimum Gasteiger partial charge on any atom is -0.409 e. The van der Waals surface area contributed by atoms with Crippen molar-refractivity contribution in [1.82, 2.24) is 4.90 Å². The Bertz CT molecular complexity index is 273. The van der Waals surface area contributed by atoms with Gasteiger partial charge in [-0.1, -0.05) is 12.1 Å². The maximum absolute atomic E-state index is 8.62. The van der Waals surface area contributed by atoms with Gasteiger partial charge >= 0.3 is 0 Å². The third kappa shape index (κ3) is 2.88. The van der Waals surface area contributed by atoms with Crippen LogP contribution in [0.4, 0.5) is 0 Å². The van der Waals surface area contributed by atoms with Gasteiger partial charge in [0.2, 0.25) is 0 Å². The van der Waals surface area contributed by atoms with E-state index in [0.29, 0.717) is 11.3 Å². The second-order valence-electron chi connectivity index (χ2n) is 5.75. The number of amidine groups is 1. The fourth-order valence-electron chi connectivity index (χ4n) is 2.89. The van der Waals surface area contributed by atoms with Gasteiger partial charge in [0.15, 0.2) is 0 Å². The van der Waals surface area contributed by atoms with Crippen LogP contribution in [0.25, 0.3) is 0 Å². The fraction of sp³-hybridized carbons (Fsp3) is 0.917. The van der Waals surface area contributed by atoms with Gasteiger partial charge in [0.1, 0.15) is 5.84 Å². The SMILES string of the molecule is CC1CCCN(CC2(CC(N)=NO)CC2)C1. The molecule has 1 saturated carbocycles. The highest BCUT2D eigenvalue weighted by Crippen LogP contribution is 2.49. The third-order valence-corrected chi connectivity index (χ3v) is 3.94. The lowest BCUT2D eigenvalue weighted by molar-refractivity contribution is 0.153. The zero-order valence-electron chi connectivity index (χ0n) is 10.2. The number of nitrogens with zero attached hydrogens (tertiary/aromatic N) is 2. The first-order valence-electron chi connectivity index (χ1n) is 6.32. The molecule has 0 radical (unpaired) electrons. The van der Waals surface area contributed by atoms with Crippen molar-refractivity contribution >= 4 is 5.84 Å². The summed E-state index contributed by atoms with van der Waals surface area (Å²) in [6.07, 6.45) is 5.90. The van der Waals surface area contributed by atoms with E-state index in [2.05, 4.69) is 17.0 Å². The highest BCUT2D eigenvalue weighted by Gasteiger charge is 2.44. The van der Waals surface area contributed by atoms with Crippen LogP contribution in [-0.2, 0) is 0 Å². The van der Waals surface area contributed by atoms with Crippen molar-refractivity contribution in [2.75, 3.05) is 19.6 Å². The summed E-state index contributed by atoms with van der Waals surface area (Å²) >= 11 is 0. The molecule has 2 rings (SSSR count). The molecule has 1 aliphatic heterocycles. The van der Waals surface area contributed by atoms with Crippen LogP contribution in [0.5, 0.6) is 0 Å². The Morgan fingerprint density at radius 2 is 2.31 bits per heavy atom. The molecule has 0 bridgehead atoms. The van der Waals surface area contributed by atoms with Gasteiger partial charge in [0.25, 0.3) is 0 Å². The topological polar surface area (TPSA) is 61.8 Å². The minimum absolute atomic E-state index is 0.327. The molecule has 16 heavy (non-hydrogen) atoms. The van der Waals surface area contributed by atoms with Gasteiger partial charge in [-0.05, 0) is 43.6 Å². The largest absolute Gasteiger partial charge is 0.409 e. The predicted molar refractivity (Wildman–Crippen MR) is 64.5 cm³/mol. The monoisotopic (exact) mass is 225 g/mol. The van der Waals surface area contributed by atoms with E-state index in [1.54, 1.807) is 0 Å². The zero-order chi connectivity index (χ0) is 11.6. The van der Waals surface area contributed by atoms with Crippen molar-refractivity contribution < 1.29 is 5.21 Å². The molecule has 1 unspecified atom stereocenters. The molecule has 0 aromatic heterocycles. The summed E-state index contributed by atoms with van der Waals surface area (Å²) in [5.74, 6) is 1.22. The van der Waals surface area contributed by atoms with E-state index in [9.17, 15) is 0 Å². The first-order chi connectivity index (χ1) is 7.63. The molecule has 1 atom stereocenters. The Morgan fingerprint density at radius 1 is 1.56 bits per heavy atom. The van der Waals surface area contributed by atoms with Gasteiger partial charge in [-0.15, -0.1) is 0 Å². The number of piperidine rings is 1. The molecule has 92 valence electrons. The second kappa shape index (κ2) is 4.62. The lowest BCUT2D eigenvalue weighted by Crippen LogP contribution is -2.39. The molecule has 3 N–H and O–H groups in total. The molecule has 2 fully saturated rings. The average Bonchev–Trinajstić information content (AvgIpc) is 2.97. The van der Waals surface area contributed by atoms with Crippen LogP contribution in [-0.4, -0.2) is 35.6 Å². The summed E-state index contributed by atoms with van der Waals surface area (Å²) < 4.78 is 0. The molecule has 1 aliphatic carbocycles. The second-order valence-corrected chi connectivity index (χ2v) is 5.75. The summed E-state index contributed by atoms with van der Waals surface area (Å²) in [6, 6.07) is 0. The molecule has 0 aromatic carbocycles. The number of likely N-dealkylation sites (tertiary alicyclic amines) is 1.